The number of anilines is 1. The van der Waals surface area contributed by atoms with Crippen molar-refractivity contribution in [2.24, 2.45) is 0 Å². The molecule has 2 rings (SSSR count). The molecule has 0 aromatic carbocycles. The molecule has 0 radical (unpaired) electrons. The molecule has 0 spiro atoms. The molecule has 66 valence electrons. The number of nitrogen functional groups attached to an aromatic ring is 1. The quantitative estimate of drug-likeness (QED) is 0.771. The molecule has 2 aromatic rings. The van der Waals surface area contributed by atoms with Crippen LogP contribution in [-0.2, 0) is 0 Å². The Kier molecular flexibility index (Phi) is 2.47. The highest BCUT2D eigenvalue weighted by atomic mass is 32.2. The molecule has 0 fully saturated rings. The predicted molar refractivity (Wildman–Crippen MR) is 54.9 cm³/mol. The first-order chi connectivity index (χ1) is 6.34. The lowest BCUT2D eigenvalue weighted by Gasteiger charge is -1.95. The second kappa shape index (κ2) is 3.76. The Morgan fingerprint density at radius 1 is 1.31 bits per heavy atom. The third kappa shape index (κ3) is 2.19. The minimum Gasteiger partial charge on any atom is -0.396 e. The fourth-order valence-electron chi connectivity index (χ4n) is 0.790. The van der Waals surface area contributed by atoms with Crippen molar-refractivity contribution in [1.29, 1.82) is 0 Å². The van der Waals surface area contributed by atoms with Crippen molar-refractivity contribution in [3.8, 4) is 0 Å². The summed E-state index contributed by atoms with van der Waals surface area (Å²) in [7, 11) is 0. The van der Waals surface area contributed by atoms with Crippen LogP contribution >= 0.6 is 23.1 Å². The molecular weight excluding hydrogens is 202 g/mol. The van der Waals surface area contributed by atoms with E-state index in [1.807, 2.05) is 17.5 Å². The number of nitrogens with two attached hydrogens (primary N) is 1. The molecule has 3 nitrogen and oxygen atoms in total. The van der Waals surface area contributed by atoms with Crippen LogP contribution in [0.25, 0.3) is 0 Å². The minimum atomic E-state index is 0.593. The van der Waals surface area contributed by atoms with Crippen molar-refractivity contribution >= 4 is 28.8 Å². The van der Waals surface area contributed by atoms with Gasteiger partial charge in [-0.15, -0.1) is 11.3 Å². The minimum absolute atomic E-state index is 0.593. The lowest BCUT2D eigenvalue weighted by Crippen LogP contribution is -1.89. The van der Waals surface area contributed by atoms with E-state index in [2.05, 4.69) is 9.97 Å². The van der Waals surface area contributed by atoms with Gasteiger partial charge in [0, 0.05) is 0 Å². The summed E-state index contributed by atoms with van der Waals surface area (Å²) in [6, 6.07) is 4.04. The van der Waals surface area contributed by atoms with E-state index < -0.39 is 0 Å². The summed E-state index contributed by atoms with van der Waals surface area (Å²) >= 11 is 3.22. The maximum atomic E-state index is 5.47. The topological polar surface area (TPSA) is 51.8 Å². The summed E-state index contributed by atoms with van der Waals surface area (Å²) in [5.74, 6) is 0. The average Bonchev–Trinajstić information content (AvgIpc) is 2.62. The van der Waals surface area contributed by atoms with Crippen LogP contribution in [0.3, 0.4) is 0 Å². The Morgan fingerprint density at radius 3 is 2.69 bits per heavy atom. The SMILES string of the molecule is Nc1cnc(Sc2cccs2)nc1. The van der Waals surface area contributed by atoms with Gasteiger partial charge in [-0.1, -0.05) is 6.07 Å². The average molecular weight is 209 g/mol. The van der Waals surface area contributed by atoms with Gasteiger partial charge in [0.15, 0.2) is 5.16 Å². The largest absolute Gasteiger partial charge is 0.396 e. The van der Waals surface area contributed by atoms with E-state index in [4.69, 9.17) is 5.73 Å². The van der Waals surface area contributed by atoms with Gasteiger partial charge < -0.3 is 5.73 Å². The lowest BCUT2D eigenvalue weighted by atomic mass is 10.6. The number of hydrogen-bond donors (Lipinski definition) is 1. The molecule has 0 aliphatic rings. The fraction of sp³-hybridized carbons (Fsp3) is 0. The molecule has 0 amide bonds. The molecule has 0 saturated carbocycles. The van der Waals surface area contributed by atoms with Crippen LogP contribution in [0.1, 0.15) is 0 Å². The monoisotopic (exact) mass is 209 g/mol. The first kappa shape index (κ1) is 8.52. The van der Waals surface area contributed by atoms with Crippen molar-refractivity contribution in [2.45, 2.75) is 9.37 Å². The standard InChI is InChI=1S/C8H7N3S2/c9-6-4-10-8(11-5-6)13-7-2-1-3-12-7/h1-5H,9H2. The zero-order valence-corrected chi connectivity index (χ0v) is 8.31. The van der Waals surface area contributed by atoms with Crippen molar-refractivity contribution < 1.29 is 0 Å². The van der Waals surface area contributed by atoms with Crippen LogP contribution in [0.2, 0.25) is 0 Å². The summed E-state index contributed by atoms with van der Waals surface area (Å²) in [6.45, 7) is 0. The van der Waals surface area contributed by atoms with Crippen molar-refractivity contribution in [3.05, 3.63) is 29.9 Å². The van der Waals surface area contributed by atoms with Gasteiger partial charge in [0.05, 0.1) is 22.3 Å². The summed E-state index contributed by atoms with van der Waals surface area (Å²) in [4.78, 5) is 8.17. The maximum Gasteiger partial charge on any atom is 0.193 e. The summed E-state index contributed by atoms with van der Waals surface area (Å²) in [5.41, 5.74) is 6.06. The molecule has 0 bridgehead atoms. The second-order valence-corrected chi connectivity index (χ2v) is 4.55. The van der Waals surface area contributed by atoms with Crippen LogP contribution in [0.15, 0.2) is 39.3 Å². The molecule has 0 aliphatic heterocycles. The van der Waals surface area contributed by atoms with Crippen LogP contribution in [0.4, 0.5) is 5.69 Å². The normalized spacial score (nSPS) is 10.2. The van der Waals surface area contributed by atoms with Crippen LogP contribution in [0.5, 0.6) is 0 Å². The van der Waals surface area contributed by atoms with Crippen LogP contribution in [0, 0.1) is 0 Å². The highest BCUT2D eigenvalue weighted by molar-refractivity contribution is 8.01. The molecule has 2 N–H and O–H groups in total. The molecule has 5 heteroatoms. The van der Waals surface area contributed by atoms with E-state index >= 15 is 0 Å². The van der Waals surface area contributed by atoms with Gasteiger partial charge in [-0.25, -0.2) is 9.97 Å². The van der Waals surface area contributed by atoms with Gasteiger partial charge in [0.2, 0.25) is 0 Å². The van der Waals surface area contributed by atoms with Gasteiger partial charge in [-0.2, -0.15) is 0 Å². The fourth-order valence-corrected chi connectivity index (χ4v) is 2.36. The summed E-state index contributed by atoms with van der Waals surface area (Å²) in [5, 5.41) is 2.76. The highest BCUT2D eigenvalue weighted by Crippen LogP contribution is 2.28. The van der Waals surface area contributed by atoms with Crippen LogP contribution in [-0.4, -0.2) is 9.97 Å². The smallest absolute Gasteiger partial charge is 0.193 e. The van der Waals surface area contributed by atoms with Crippen LogP contribution < -0.4 is 5.73 Å². The molecule has 0 atom stereocenters. The van der Waals surface area contributed by atoms with Gasteiger partial charge >= 0.3 is 0 Å². The Hall–Kier alpha value is -1.07. The molecule has 13 heavy (non-hydrogen) atoms. The number of thiophene rings is 1. The summed E-state index contributed by atoms with van der Waals surface area (Å²) in [6.07, 6.45) is 3.23. The molecule has 0 saturated heterocycles. The number of rotatable bonds is 2. The maximum absolute atomic E-state index is 5.47. The molecular formula is C8H7N3S2. The highest BCUT2D eigenvalue weighted by Gasteiger charge is 1.99. The number of nitrogens with zero attached hydrogens (tertiary/aromatic N) is 2. The van der Waals surface area contributed by atoms with Crippen molar-refractivity contribution in [3.63, 3.8) is 0 Å². The molecule has 0 unspecified atom stereocenters. The Labute approximate surface area is 84.0 Å². The Balaban J connectivity index is 2.15. The molecule has 2 heterocycles. The first-order valence-electron chi connectivity index (χ1n) is 3.63. The van der Waals surface area contributed by atoms with E-state index in [9.17, 15) is 0 Å². The van der Waals surface area contributed by atoms with E-state index in [0.717, 1.165) is 5.16 Å². The number of aromatic nitrogens is 2. The third-order valence-electron chi connectivity index (χ3n) is 1.34. The van der Waals surface area contributed by atoms with Crippen molar-refractivity contribution in [2.75, 3.05) is 5.73 Å². The van der Waals surface area contributed by atoms with Gasteiger partial charge in [0.25, 0.3) is 0 Å². The van der Waals surface area contributed by atoms with Gasteiger partial charge in [-0.3, -0.25) is 0 Å². The zero-order valence-electron chi connectivity index (χ0n) is 6.68. The first-order valence-corrected chi connectivity index (χ1v) is 5.33. The third-order valence-corrected chi connectivity index (χ3v) is 3.27. The van der Waals surface area contributed by atoms with Crippen molar-refractivity contribution in [1.82, 2.24) is 9.97 Å². The van der Waals surface area contributed by atoms with E-state index in [1.54, 1.807) is 35.5 Å². The van der Waals surface area contributed by atoms with Gasteiger partial charge in [0.1, 0.15) is 0 Å². The lowest BCUT2D eigenvalue weighted by molar-refractivity contribution is 0.972. The van der Waals surface area contributed by atoms with E-state index in [-0.39, 0.29) is 0 Å². The van der Waals surface area contributed by atoms with E-state index in [1.165, 1.54) is 4.21 Å². The second-order valence-electron chi connectivity index (χ2n) is 2.33. The summed E-state index contributed by atoms with van der Waals surface area (Å²) < 4.78 is 1.18. The number of hydrogen-bond acceptors (Lipinski definition) is 5. The van der Waals surface area contributed by atoms with E-state index in [0.29, 0.717) is 5.69 Å². The molecule has 0 aliphatic carbocycles. The van der Waals surface area contributed by atoms with Gasteiger partial charge in [-0.05, 0) is 23.2 Å². The Morgan fingerprint density at radius 2 is 2.08 bits per heavy atom. The zero-order chi connectivity index (χ0) is 9.10. The molecule has 2 aromatic heterocycles. The Bertz CT molecular complexity index is 369. The predicted octanol–water partition coefficient (Wildman–Crippen LogP) is 2.27.